The lowest BCUT2D eigenvalue weighted by Crippen LogP contribution is -2.45. The van der Waals surface area contributed by atoms with E-state index in [-0.39, 0.29) is 23.6 Å². The Morgan fingerprint density at radius 3 is 2.33 bits per heavy atom. The van der Waals surface area contributed by atoms with Gasteiger partial charge in [-0.1, -0.05) is 50.7 Å². The number of carbonyl (C=O) groups is 3. The number of rotatable bonds is 22. The Balaban J connectivity index is 0.890. The summed E-state index contributed by atoms with van der Waals surface area (Å²) in [5.41, 5.74) is 10.8. The number of carbonyl (C=O) groups excluding carboxylic acids is 3. The molecule has 4 aromatic rings. The number of ether oxygens (including phenoxy) is 2. The molecule has 15 nitrogen and oxygen atoms in total. The minimum absolute atomic E-state index is 0.0195. The molecular formula is C47H66N8O7S. The van der Waals surface area contributed by atoms with Crippen LogP contribution < -0.4 is 15.8 Å². The summed E-state index contributed by atoms with van der Waals surface area (Å²) in [6, 6.07) is 8.30. The van der Waals surface area contributed by atoms with Crippen molar-refractivity contribution in [1.29, 1.82) is 0 Å². The van der Waals surface area contributed by atoms with Crippen molar-refractivity contribution in [1.82, 2.24) is 30.0 Å². The average molecular weight is 887 g/mol. The van der Waals surface area contributed by atoms with Crippen molar-refractivity contribution < 1.29 is 32.3 Å². The first-order valence-electron chi connectivity index (χ1n) is 22.5. The van der Waals surface area contributed by atoms with Crippen molar-refractivity contribution in [3.63, 3.8) is 0 Å². The van der Waals surface area contributed by atoms with Gasteiger partial charge in [-0.15, -0.1) is 0 Å². The topological polar surface area (TPSA) is 203 Å². The van der Waals surface area contributed by atoms with Crippen molar-refractivity contribution >= 4 is 50.2 Å². The van der Waals surface area contributed by atoms with Crippen LogP contribution in [0.1, 0.15) is 131 Å². The van der Waals surface area contributed by atoms with E-state index in [0.29, 0.717) is 52.9 Å². The summed E-state index contributed by atoms with van der Waals surface area (Å²) in [5.74, 6) is 0.484. The number of methoxy groups -OCH3 is 1. The highest BCUT2D eigenvalue weighted by molar-refractivity contribution is 7.92. The molecule has 2 aromatic carbocycles. The third-order valence-electron chi connectivity index (χ3n) is 12.8. The smallest absolute Gasteiger partial charge is 0.305 e. The molecule has 1 fully saturated rings. The summed E-state index contributed by atoms with van der Waals surface area (Å²) in [6.07, 6.45) is 13.9. The fourth-order valence-electron chi connectivity index (χ4n) is 8.54. The van der Waals surface area contributed by atoms with Crippen LogP contribution in [0.4, 0.5) is 11.6 Å². The molecule has 4 heterocycles. The van der Waals surface area contributed by atoms with Crippen LogP contribution >= 0.6 is 0 Å². The van der Waals surface area contributed by atoms with E-state index in [0.717, 1.165) is 74.1 Å². The number of aromatic amines is 1. The maximum absolute atomic E-state index is 13.9. The lowest BCUT2D eigenvalue weighted by molar-refractivity contribution is -0.141. The van der Waals surface area contributed by atoms with Crippen LogP contribution in [0.15, 0.2) is 41.6 Å². The molecule has 6 rings (SSSR count). The number of likely N-dealkylation sites (tertiary alicyclic amines) is 1. The monoisotopic (exact) mass is 886 g/mol. The Hall–Kier alpha value is -5.09. The van der Waals surface area contributed by atoms with Gasteiger partial charge in [-0.2, -0.15) is 5.10 Å². The summed E-state index contributed by atoms with van der Waals surface area (Å²) < 4.78 is 37.9. The highest BCUT2D eigenvalue weighted by Gasteiger charge is 2.37. The lowest BCUT2D eigenvalue weighted by atomic mass is 9.97. The highest BCUT2D eigenvalue weighted by Crippen LogP contribution is 2.38. The third kappa shape index (κ3) is 11.5. The molecule has 2 amide bonds. The zero-order valence-electron chi connectivity index (χ0n) is 37.9. The van der Waals surface area contributed by atoms with Crippen molar-refractivity contribution in [2.24, 2.45) is 11.7 Å². The second-order valence-corrected chi connectivity index (χ2v) is 20.9. The van der Waals surface area contributed by atoms with Crippen LogP contribution in [-0.2, 0) is 37.1 Å². The molecule has 2 aliphatic heterocycles. The SMILES string of the molecule is COC(=O)CCC(C(N)=O)N1Cc2c(CCCCCCCCCCN3CCC(COc4cc5ncnc(Nc6n[nH]c(C)c6C)c5cc4S(=O)(=O)C(C)(C)C)CC3)cccc2C1=O. The van der Waals surface area contributed by atoms with E-state index in [1.807, 2.05) is 19.9 Å². The second-order valence-electron chi connectivity index (χ2n) is 18.2. The molecule has 0 saturated carbocycles. The average Bonchev–Trinajstić information content (AvgIpc) is 3.76. The molecule has 0 bridgehead atoms. The number of sulfone groups is 1. The molecule has 63 heavy (non-hydrogen) atoms. The van der Waals surface area contributed by atoms with E-state index >= 15 is 0 Å². The minimum Gasteiger partial charge on any atom is -0.492 e. The van der Waals surface area contributed by atoms with E-state index < -0.39 is 32.5 Å². The van der Waals surface area contributed by atoms with E-state index in [9.17, 15) is 22.8 Å². The van der Waals surface area contributed by atoms with E-state index in [2.05, 4.69) is 36.4 Å². The van der Waals surface area contributed by atoms with E-state index in [1.165, 1.54) is 56.9 Å². The number of H-pyrrole nitrogens is 1. The second kappa shape index (κ2) is 21.1. The van der Waals surface area contributed by atoms with Gasteiger partial charge in [0.15, 0.2) is 15.7 Å². The van der Waals surface area contributed by atoms with Crippen LogP contribution in [0.2, 0.25) is 0 Å². The number of aromatic nitrogens is 4. The lowest BCUT2D eigenvalue weighted by Gasteiger charge is -2.32. The molecule has 0 spiro atoms. The molecule has 1 atom stereocenters. The minimum atomic E-state index is -3.77. The number of unbranched alkanes of at least 4 members (excludes halogenated alkanes) is 7. The molecule has 1 unspecified atom stereocenters. The van der Waals surface area contributed by atoms with Gasteiger partial charge in [0.05, 0.1) is 24.0 Å². The number of primary amides is 1. The standard InChI is InChI=1S/C47H66N8O7S/c1-31-32(2)52-53-44(31)51-45-36-26-41(63(59,60)47(3,4)5)40(27-38(36)49-30-50-45)62-29-33-21-24-54(25-22-33)23-14-12-10-8-7-9-11-13-16-34-17-15-18-35-37(34)28-55(46(35)58)39(43(48)57)19-20-42(56)61-6/h15,17-18,26-27,30,33,39H,7-14,16,19-25,28-29H2,1-6H3,(H2,48,57)(H2,49,50,51,52,53). The Labute approximate surface area is 372 Å². The number of fused-ring (bicyclic) bond motifs is 2. The fourth-order valence-corrected chi connectivity index (χ4v) is 9.86. The number of anilines is 2. The number of hydrogen-bond acceptors (Lipinski definition) is 12. The van der Waals surface area contributed by atoms with Gasteiger partial charge < -0.3 is 30.3 Å². The van der Waals surface area contributed by atoms with Crippen molar-refractivity contribution in [3.05, 3.63) is 64.6 Å². The molecule has 0 radical (unpaired) electrons. The van der Waals surface area contributed by atoms with Crippen LogP contribution in [0.3, 0.4) is 0 Å². The van der Waals surface area contributed by atoms with Gasteiger partial charge in [0.1, 0.15) is 28.8 Å². The molecule has 2 aliphatic rings. The zero-order valence-corrected chi connectivity index (χ0v) is 38.7. The van der Waals surface area contributed by atoms with Gasteiger partial charge in [-0.3, -0.25) is 19.5 Å². The summed E-state index contributed by atoms with van der Waals surface area (Å²) in [7, 11) is -2.47. The Kier molecular flexibility index (Phi) is 15.8. The highest BCUT2D eigenvalue weighted by atomic mass is 32.2. The number of aryl methyl sites for hydroxylation is 2. The number of amides is 2. The molecule has 2 aromatic heterocycles. The molecule has 4 N–H and O–H groups in total. The summed E-state index contributed by atoms with van der Waals surface area (Å²) in [4.78, 5) is 50.2. The predicted octanol–water partition coefficient (Wildman–Crippen LogP) is 7.50. The Morgan fingerprint density at radius 2 is 1.68 bits per heavy atom. The third-order valence-corrected chi connectivity index (χ3v) is 15.3. The number of nitrogens with two attached hydrogens (primary N) is 1. The summed E-state index contributed by atoms with van der Waals surface area (Å²) in [6.45, 7) is 12.9. The van der Waals surface area contributed by atoms with Crippen LogP contribution in [0.5, 0.6) is 5.75 Å². The number of hydrogen-bond donors (Lipinski definition) is 3. The van der Waals surface area contributed by atoms with E-state index in [1.54, 1.807) is 39.0 Å². The molecule has 0 aliphatic carbocycles. The summed E-state index contributed by atoms with van der Waals surface area (Å²) in [5, 5.41) is 11.1. The zero-order chi connectivity index (χ0) is 45.3. The predicted molar refractivity (Wildman–Crippen MR) is 244 cm³/mol. The number of benzene rings is 2. The van der Waals surface area contributed by atoms with Crippen LogP contribution in [-0.4, -0.2) is 100 Å². The summed E-state index contributed by atoms with van der Waals surface area (Å²) >= 11 is 0. The number of esters is 1. The van der Waals surface area contributed by atoms with Crippen LogP contribution in [0.25, 0.3) is 10.9 Å². The normalized spacial score (nSPS) is 15.5. The largest absolute Gasteiger partial charge is 0.492 e. The molecule has 1 saturated heterocycles. The molecular weight excluding hydrogens is 821 g/mol. The number of nitrogens with one attached hydrogen (secondary N) is 2. The first-order valence-corrected chi connectivity index (χ1v) is 24.0. The maximum Gasteiger partial charge on any atom is 0.305 e. The van der Waals surface area contributed by atoms with Crippen molar-refractivity contribution in [2.75, 3.05) is 38.7 Å². The van der Waals surface area contributed by atoms with Gasteiger partial charge in [-0.25, -0.2) is 18.4 Å². The quantitative estimate of drug-likeness (QED) is 0.0519. The van der Waals surface area contributed by atoms with Gasteiger partial charge in [-0.05, 0) is 122 Å². The van der Waals surface area contributed by atoms with Gasteiger partial charge in [0.25, 0.3) is 5.91 Å². The van der Waals surface area contributed by atoms with Crippen LogP contribution in [0, 0.1) is 19.8 Å². The van der Waals surface area contributed by atoms with Crippen molar-refractivity contribution in [3.8, 4) is 5.75 Å². The first kappa shape index (κ1) is 47.4. The Morgan fingerprint density at radius 1 is 0.984 bits per heavy atom. The Bertz CT molecular complexity index is 2350. The van der Waals surface area contributed by atoms with Gasteiger partial charge >= 0.3 is 5.97 Å². The maximum atomic E-state index is 13.9. The van der Waals surface area contributed by atoms with Gasteiger partial charge in [0.2, 0.25) is 5.91 Å². The molecule has 16 heteroatoms. The molecule has 342 valence electrons. The van der Waals surface area contributed by atoms with E-state index in [4.69, 9.17) is 15.2 Å². The number of nitrogens with zero attached hydrogens (tertiary/aromatic N) is 5. The fraction of sp³-hybridized carbons (Fsp3) is 0.574. The number of piperidine rings is 1. The van der Waals surface area contributed by atoms with Gasteiger partial charge in [0, 0.05) is 41.2 Å². The first-order chi connectivity index (χ1) is 30.1. The van der Waals surface area contributed by atoms with Crippen molar-refractivity contribution in [2.45, 2.75) is 140 Å².